The minimum Gasteiger partial charge on any atom is -0.378 e. The van der Waals surface area contributed by atoms with Crippen LogP contribution in [0.2, 0.25) is 0 Å². The van der Waals surface area contributed by atoms with Gasteiger partial charge in [0, 0.05) is 43.2 Å². The number of carbonyl (C=O) groups is 1. The molecule has 0 spiro atoms. The number of thiazole rings is 1. The first-order chi connectivity index (χ1) is 15.9. The van der Waals surface area contributed by atoms with Gasteiger partial charge in [0.25, 0.3) is 5.56 Å². The summed E-state index contributed by atoms with van der Waals surface area (Å²) < 4.78 is 8.12. The first-order valence-electron chi connectivity index (χ1n) is 11.0. The monoisotopic (exact) mass is 466 g/mol. The molecule has 10 heteroatoms. The van der Waals surface area contributed by atoms with Gasteiger partial charge in [0.15, 0.2) is 5.13 Å². The number of pyridine rings is 1. The van der Waals surface area contributed by atoms with E-state index in [-0.39, 0.29) is 17.9 Å². The van der Waals surface area contributed by atoms with Gasteiger partial charge in [-0.15, -0.1) is 0 Å². The molecule has 4 heterocycles. The van der Waals surface area contributed by atoms with Crippen molar-refractivity contribution in [2.75, 3.05) is 36.5 Å². The van der Waals surface area contributed by atoms with E-state index >= 15 is 0 Å². The standard InChI is InChI=1S/C23H26N6O3S/c1-13-16(22(31)26-21-20(13)14(2)27-28(21)3)5-7-19(30)24-15-4-6-17-18(12-15)33-23(25-17)29-8-10-32-11-9-29/h4,6,12H,5,7-11H2,1-3H3,(H,24,30)(H,26,31). The molecule has 0 unspecified atom stereocenters. The summed E-state index contributed by atoms with van der Waals surface area (Å²) >= 11 is 1.62. The van der Waals surface area contributed by atoms with E-state index in [1.54, 1.807) is 16.0 Å². The minimum atomic E-state index is -0.169. The Hall–Kier alpha value is -3.24. The van der Waals surface area contributed by atoms with Gasteiger partial charge in [-0.1, -0.05) is 11.3 Å². The van der Waals surface area contributed by atoms with Crippen LogP contribution in [-0.2, 0) is 23.0 Å². The zero-order valence-electron chi connectivity index (χ0n) is 18.9. The summed E-state index contributed by atoms with van der Waals surface area (Å²) in [5.74, 6) is -0.130. The number of ether oxygens (including phenoxy) is 1. The molecule has 0 atom stereocenters. The molecule has 3 aromatic heterocycles. The smallest absolute Gasteiger partial charge is 0.253 e. The van der Waals surface area contributed by atoms with Crippen molar-refractivity contribution in [2.24, 2.45) is 7.05 Å². The van der Waals surface area contributed by atoms with Gasteiger partial charge >= 0.3 is 0 Å². The largest absolute Gasteiger partial charge is 0.378 e. The Balaban J connectivity index is 1.29. The number of aromatic amines is 1. The molecule has 1 amide bonds. The number of H-pyrrole nitrogens is 1. The van der Waals surface area contributed by atoms with Crippen LogP contribution in [0.3, 0.4) is 0 Å². The van der Waals surface area contributed by atoms with Gasteiger partial charge in [-0.25, -0.2) is 4.98 Å². The molecule has 0 aliphatic carbocycles. The highest BCUT2D eigenvalue weighted by atomic mass is 32.1. The summed E-state index contributed by atoms with van der Waals surface area (Å²) in [5, 5.41) is 9.28. The molecule has 1 fully saturated rings. The lowest BCUT2D eigenvalue weighted by atomic mass is 10.0. The summed E-state index contributed by atoms with van der Waals surface area (Å²) in [4.78, 5) is 35.1. The molecule has 0 bridgehead atoms. The summed E-state index contributed by atoms with van der Waals surface area (Å²) in [6.45, 7) is 6.95. The molecule has 1 aromatic carbocycles. The third-order valence-corrected chi connectivity index (χ3v) is 7.18. The van der Waals surface area contributed by atoms with Gasteiger partial charge in [0.05, 0.1) is 29.1 Å². The zero-order chi connectivity index (χ0) is 23.1. The van der Waals surface area contributed by atoms with Crippen molar-refractivity contribution in [1.29, 1.82) is 0 Å². The van der Waals surface area contributed by atoms with Crippen molar-refractivity contribution < 1.29 is 9.53 Å². The predicted octanol–water partition coefficient (Wildman–Crippen LogP) is 2.90. The van der Waals surface area contributed by atoms with Gasteiger partial charge < -0.3 is 19.9 Å². The second kappa shape index (κ2) is 8.60. The van der Waals surface area contributed by atoms with E-state index < -0.39 is 0 Å². The van der Waals surface area contributed by atoms with Crippen LogP contribution in [0.15, 0.2) is 23.0 Å². The number of rotatable bonds is 5. The van der Waals surface area contributed by atoms with Gasteiger partial charge in [0.1, 0.15) is 5.65 Å². The lowest BCUT2D eigenvalue weighted by molar-refractivity contribution is -0.116. The Morgan fingerprint density at radius 2 is 2.06 bits per heavy atom. The molecule has 1 aliphatic heterocycles. The fourth-order valence-electron chi connectivity index (χ4n) is 4.40. The van der Waals surface area contributed by atoms with E-state index in [1.165, 1.54) is 0 Å². The van der Waals surface area contributed by atoms with Gasteiger partial charge in [-0.05, 0) is 44.0 Å². The van der Waals surface area contributed by atoms with Gasteiger partial charge in [-0.2, -0.15) is 5.10 Å². The van der Waals surface area contributed by atoms with E-state index in [4.69, 9.17) is 9.72 Å². The van der Waals surface area contributed by atoms with E-state index in [2.05, 4.69) is 20.3 Å². The molecule has 1 saturated heterocycles. The maximum absolute atomic E-state index is 12.7. The lowest BCUT2D eigenvalue weighted by Crippen LogP contribution is -2.36. The van der Waals surface area contributed by atoms with Crippen LogP contribution in [0.4, 0.5) is 10.8 Å². The van der Waals surface area contributed by atoms with Crippen LogP contribution in [-0.4, -0.2) is 52.0 Å². The third-order valence-electron chi connectivity index (χ3n) is 6.10. The maximum atomic E-state index is 12.7. The summed E-state index contributed by atoms with van der Waals surface area (Å²) in [7, 11) is 1.81. The van der Waals surface area contributed by atoms with Crippen LogP contribution < -0.4 is 15.8 Å². The van der Waals surface area contributed by atoms with E-state index in [9.17, 15) is 9.59 Å². The topological polar surface area (TPSA) is 105 Å². The van der Waals surface area contributed by atoms with Crippen LogP contribution >= 0.6 is 11.3 Å². The number of aromatic nitrogens is 4. The highest BCUT2D eigenvalue weighted by molar-refractivity contribution is 7.22. The third kappa shape index (κ3) is 4.11. The Bertz CT molecular complexity index is 1410. The Morgan fingerprint density at radius 3 is 2.85 bits per heavy atom. The number of fused-ring (bicyclic) bond motifs is 2. The molecule has 172 valence electrons. The Morgan fingerprint density at radius 1 is 1.27 bits per heavy atom. The minimum absolute atomic E-state index is 0.130. The molecule has 0 radical (unpaired) electrons. The Labute approximate surface area is 194 Å². The van der Waals surface area contributed by atoms with Crippen molar-refractivity contribution in [3.63, 3.8) is 0 Å². The normalized spacial score (nSPS) is 14.3. The lowest BCUT2D eigenvalue weighted by Gasteiger charge is -2.25. The number of nitrogens with zero attached hydrogens (tertiary/aromatic N) is 4. The highest BCUT2D eigenvalue weighted by Gasteiger charge is 2.17. The first-order valence-corrected chi connectivity index (χ1v) is 11.8. The molecule has 4 aromatic rings. The van der Waals surface area contributed by atoms with E-state index in [0.29, 0.717) is 30.8 Å². The average Bonchev–Trinajstić information content (AvgIpc) is 3.34. The SMILES string of the molecule is Cc1nn(C)c2[nH]c(=O)c(CCC(=O)Nc3ccc4nc(N5CCOCC5)sc4c3)c(C)c12. The molecule has 1 aliphatic rings. The molecule has 5 rings (SSSR count). The molecular weight excluding hydrogens is 440 g/mol. The number of nitrogens with one attached hydrogen (secondary N) is 2. The molecule has 2 N–H and O–H groups in total. The van der Waals surface area contributed by atoms with E-state index in [1.807, 2.05) is 39.1 Å². The first kappa shape index (κ1) is 21.6. The summed E-state index contributed by atoms with van der Waals surface area (Å²) in [5.41, 5.74) is 4.56. The van der Waals surface area contributed by atoms with Crippen molar-refractivity contribution >= 4 is 49.3 Å². The summed E-state index contributed by atoms with van der Waals surface area (Å²) in [6, 6.07) is 5.75. The molecule has 33 heavy (non-hydrogen) atoms. The number of benzene rings is 1. The fraction of sp³-hybridized carbons (Fsp3) is 0.391. The van der Waals surface area contributed by atoms with Crippen LogP contribution in [0, 0.1) is 13.8 Å². The molecule has 0 saturated carbocycles. The van der Waals surface area contributed by atoms with Crippen LogP contribution in [0.25, 0.3) is 21.3 Å². The fourth-order valence-corrected chi connectivity index (χ4v) is 5.45. The number of amides is 1. The number of hydrogen-bond donors (Lipinski definition) is 2. The molecular formula is C23H26N6O3S. The van der Waals surface area contributed by atoms with E-state index in [0.717, 1.165) is 50.8 Å². The molecule has 9 nitrogen and oxygen atoms in total. The highest BCUT2D eigenvalue weighted by Crippen LogP contribution is 2.31. The second-order valence-electron chi connectivity index (χ2n) is 8.32. The zero-order valence-corrected chi connectivity index (χ0v) is 19.7. The van der Waals surface area contributed by atoms with Gasteiger partial charge in [0.2, 0.25) is 5.91 Å². The number of aryl methyl sites for hydroxylation is 3. The van der Waals surface area contributed by atoms with Crippen molar-refractivity contribution in [1.82, 2.24) is 19.7 Å². The quantitative estimate of drug-likeness (QED) is 0.469. The average molecular weight is 467 g/mol. The number of carbonyl (C=O) groups excluding carboxylic acids is 1. The van der Waals surface area contributed by atoms with Crippen LogP contribution in [0.5, 0.6) is 0 Å². The summed E-state index contributed by atoms with van der Waals surface area (Å²) in [6.07, 6.45) is 0.579. The van der Waals surface area contributed by atoms with Gasteiger partial charge in [-0.3, -0.25) is 14.3 Å². The predicted molar refractivity (Wildman–Crippen MR) is 130 cm³/mol. The Kier molecular flexibility index (Phi) is 5.63. The maximum Gasteiger partial charge on any atom is 0.253 e. The van der Waals surface area contributed by atoms with Crippen molar-refractivity contribution in [2.45, 2.75) is 26.7 Å². The van der Waals surface area contributed by atoms with Crippen molar-refractivity contribution in [3.05, 3.63) is 45.4 Å². The second-order valence-corrected chi connectivity index (χ2v) is 9.33. The number of anilines is 2. The number of hydrogen-bond acceptors (Lipinski definition) is 7. The van der Waals surface area contributed by atoms with Crippen molar-refractivity contribution in [3.8, 4) is 0 Å². The van der Waals surface area contributed by atoms with Crippen LogP contribution in [0.1, 0.15) is 23.2 Å². The number of morpholine rings is 1.